The molecule has 0 bridgehead atoms. The Bertz CT molecular complexity index is 626. The number of benzene rings is 2. The predicted octanol–water partition coefficient (Wildman–Crippen LogP) is 4.18. The van der Waals surface area contributed by atoms with Crippen LogP contribution in [-0.4, -0.2) is 13.0 Å². The highest BCUT2D eigenvalue weighted by atomic mass is 35.5. The van der Waals surface area contributed by atoms with Crippen molar-refractivity contribution in [3.63, 3.8) is 0 Å². The van der Waals surface area contributed by atoms with Crippen LogP contribution in [0.4, 0.5) is 5.69 Å². The average molecular weight is 304 g/mol. The molecule has 0 radical (unpaired) electrons. The minimum atomic E-state index is -0.154. The molecule has 0 spiro atoms. The van der Waals surface area contributed by atoms with Crippen molar-refractivity contribution < 1.29 is 9.53 Å². The van der Waals surface area contributed by atoms with Gasteiger partial charge in [-0.15, -0.1) is 11.6 Å². The zero-order valence-electron chi connectivity index (χ0n) is 12.1. The van der Waals surface area contributed by atoms with Gasteiger partial charge in [-0.05, 0) is 36.2 Å². The Hall–Kier alpha value is -2.00. The molecule has 110 valence electrons. The molecule has 3 nitrogen and oxygen atoms in total. The molecular formula is C17H18ClNO2. The number of nitrogens with one attached hydrogen (secondary N) is 1. The summed E-state index contributed by atoms with van der Waals surface area (Å²) in [5, 5.41) is 2.76. The lowest BCUT2D eigenvalue weighted by atomic mass is 10.1. The van der Waals surface area contributed by atoms with Gasteiger partial charge in [0, 0.05) is 5.69 Å². The van der Waals surface area contributed by atoms with E-state index < -0.39 is 0 Å². The normalized spacial score (nSPS) is 11.8. The van der Waals surface area contributed by atoms with E-state index in [0.717, 1.165) is 22.6 Å². The predicted molar refractivity (Wildman–Crippen MR) is 86.0 cm³/mol. The second kappa shape index (κ2) is 7.14. The first-order valence-electron chi connectivity index (χ1n) is 6.76. The van der Waals surface area contributed by atoms with Crippen molar-refractivity contribution in [2.45, 2.75) is 18.7 Å². The Kier molecular flexibility index (Phi) is 5.23. The summed E-state index contributed by atoms with van der Waals surface area (Å²) < 4.78 is 5.16. The number of methoxy groups -OCH3 is 1. The van der Waals surface area contributed by atoms with Crippen molar-refractivity contribution in [2.24, 2.45) is 0 Å². The third kappa shape index (κ3) is 4.23. The topological polar surface area (TPSA) is 38.3 Å². The van der Waals surface area contributed by atoms with Crippen LogP contribution in [0.3, 0.4) is 0 Å². The van der Waals surface area contributed by atoms with Crippen LogP contribution in [-0.2, 0) is 11.2 Å². The van der Waals surface area contributed by atoms with E-state index in [-0.39, 0.29) is 11.3 Å². The number of carbonyl (C=O) groups excluding carboxylic acids is 1. The standard InChI is InChI=1S/C17H18ClNO2/c1-12(18)15-8-3-4-9-16(15)19-17(20)11-13-6-5-7-14(10-13)21-2/h3-10,12H,11H2,1-2H3,(H,19,20). The molecule has 0 saturated heterocycles. The zero-order chi connectivity index (χ0) is 15.2. The summed E-state index contributed by atoms with van der Waals surface area (Å²) in [5.41, 5.74) is 2.58. The zero-order valence-corrected chi connectivity index (χ0v) is 12.9. The highest BCUT2D eigenvalue weighted by Gasteiger charge is 2.11. The van der Waals surface area contributed by atoms with Gasteiger partial charge >= 0.3 is 0 Å². The van der Waals surface area contributed by atoms with Gasteiger partial charge in [0.1, 0.15) is 5.75 Å². The summed E-state index contributed by atoms with van der Waals surface area (Å²) >= 11 is 6.12. The van der Waals surface area contributed by atoms with Crippen molar-refractivity contribution in [1.29, 1.82) is 0 Å². The van der Waals surface area contributed by atoms with Gasteiger partial charge in [-0.25, -0.2) is 0 Å². The molecule has 1 N–H and O–H groups in total. The first-order valence-corrected chi connectivity index (χ1v) is 7.19. The van der Waals surface area contributed by atoms with E-state index >= 15 is 0 Å². The molecule has 0 heterocycles. The molecular weight excluding hydrogens is 286 g/mol. The number of anilines is 1. The Morgan fingerprint density at radius 3 is 2.71 bits per heavy atom. The van der Waals surface area contributed by atoms with Crippen molar-refractivity contribution >= 4 is 23.2 Å². The van der Waals surface area contributed by atoms with Gasteiger partial charge in [0.15, 0.2) is 0 Å². The van der Waals surface area contributed by atoms with Gasteiger partial charge in [0.05, 0.1) is 18.9 Å². The SMILES string of the molecule is COc1cccc(CC(=O)Nc2ccccc2C(C)Cl)c1. The van der Waals surface area contributed by atoms with Crippen LogP contribution in [0.1, 0.15) is 23.4 Å². The molecule has 1 amide bonds. The second-order valence-corrected chi connectivity index (χ2v) is 5.43. The van der Waals surface area contributed by atoms with Crippen LogP contribution in [0.15, 0.2) is 48.5 Å². The molecule has 0 aliphatic carbocycles. The molecule has 0 aromatic heterocycles. The summed E-state index contributed by atoms with van der Waals surface area (Å²) in [6.07, 6.45) is 0.294. The number of amides is 1. The number of hydrogen-bond acceptors (Lipinski definition) is 2. The van der Waals surface area contributed by atoms with Crippen LogP contribution in [0, 0.1) is 0 Å². The van der Waals surface area contributed by atoms with Crippen molar-refractivity contribution in [2.75, 3.05) is 12.4 Å². The maximum atomic E-state index is 12.2. The average Bonchev–Trinajstić information content (AvgIpc) is 2.47. The number of rotatable bonds is 5. The van der Waals surface area contributed by atoms with Gasteiger partial charge in [-0.3, -0.25) is 4.79 Å². The number of hydrogen-bond donors (Lipinski definition) is 1. The van der Waals surface area contributed by atoms with E-state index in [1.807, 2.05) is 55.5 Å². The molecule has 0 aliphatic rings. The molecule has 0 saturated carbocycles. The fraction of sp³-hybridized carbons (Fsp3) is 0.235. The fourth-order valence-corrected chi connectivity index (χ4v) is 2.31. The van der Waals surface area contributed by atoms with E-state index in [9.17, 15) is 4.79 Å². The van der Waals surface area contributed by atoms with Gasteiger partial charge in [0.25, 0.3) is 0 Å². The van der Waals surface area contributed by atoms with Gasteiger partial charge in [-0.1, -0.05) is 30.3 Å². The molecule has 21 heavy (non-hydrogen) atoms. The Balaban J connectivity index is 2.08. The van der Waals surface area contributed by atoms with E-state index in [1.54, 1.807) is 7.11 Å². The number of ether oxygens (including phenoxy) is 1. The Labute approximate surface area is 129 Å². The van der Waals surface area contributed by atoms with Crippen LogP contribution < -0.4 is 10.1 Å². The first kappa shape index (κ1) is 15.4. The van der Waals surface area contributed by atoms with E-state index in [0.29, 0.717) is 6.42 Å². The lowest BCUT2D eigenvalue weighted by Crippen LogP contribution is -2.15. The summed E-state index contributed by atoms with van der Waals surface area (Å²) in [7, 11) is 1.61. The van der Waals surface area contributed by atoms with Crippen LogP contribution in [0.25, 0.3) is 0 Å². The van der Waals surface area contributed by atoms with Crippen LogP contribution >= 0.6 is 11.6 Å². The first-order chi connectivity index (χ1) is 10.1. The molecule has 2 rings (SSSR count). The quantitative estimate of drug-likeness (QED) is 0.842. The van der Waals surface area contributed by atoms with E-state index in [2.05, 4.69) is 5.32 Å². The smallest absolute Gasteiger partial charge is 0.228 e. The van der Waals surface area contributed by atoms with Crippen LogP contribution in [0.2, 0.25) is 0 Å². The fourth-order valence-electron chi connectivity index (χ4n) is 2.12. The highest BCUT2D eigenvalue weighted by molar-refractivity contribution is 6.21. The number of carbonyl (C=O) groups is 1. The van der Waals surface area contributed by atoms with Crippen molar-refractivity contribution in [3.8, 4) is 5.75 Å². The molecule has 0 fully saturated rings. The van der Waals surface area contributed by atoms with Crippen molar-refractivity contribution in [3.05, 3.63) is 59.7 Å². The number of halogens is 1. The third-order valence-corrected chi connectivity index (χ3v) is 3.40. The molecule has 2 aromatic carbocycles. The highest BCUT2D eigenvalue weighted by Crippen LogP contribution is 2.27. The Morgan fingerprint density at radius 1 is 1.24 bits per heavy atom. The molecule has 0 aliphatic heterocycles. The summed E-state index contributed by atoms with van der Waals surface area (Å²) in [5.74, 6) is 0.670. The molecule has 4 heteroatoms. The minimum Gasteiger partial charge on any atom is -0.497 e. The molecule has 1 atom stereocenters. The van der Waals surface area contributed by atoms with Gasteiger partial charge < -0.3 is 10.1 Å². The van der Waals surface area contributed by atoms with Gasteiger partial charge in [0.2, 0.25) is 5.91 Å². The maximum Gasteiger partial charge on any atom is 0.228 e. The summed E-state index contributed by atoms with van der Waals surface area (Å²) in [6, 6.07) is 15.0. The van der Waals surface area contributed by atoms with Crippen molar-refractivity contribution in [1.82, 2.24) is 0 Å². The Morgan fingerprint density at radius 2 is 2.00 bits per heavy atom. The minimum absolute atomic E-state index is 0.0759. The number of alkyl halides is 1. The lowest BCUT2D eigenvalue weighted by molar-refractivity contribution is -0.115. The largest absolute Gasteiger partial charge is 0.497 e. The van der Waals surface area contributed by atoms with E-state index in [4.69, 9.17) is 16.3 Å². The molecule has 2 aromatic rings. The lowest BCUT2D eigenvalue weighted by Gasteiger charge is -2.12. The summed E-state index contributed by atoms with van der Waals surface area (Å²) in [4.78, 5) is 12.2. The monoisotopic (exact) mass is 303 g/mol. The molecule has 1 unspecified atom stereocenters. The second-order valence-electron chi connectivity index (χ2n) is 4.78. The van der Waals surface area contributed by atoms with E-state index in [1.165, 1.54) is 0 Å². The third-order valence-electron chi connectivity index (χ3n) is 3.16. The maximum absolute atomic E-state index is 12.2. The number of para-hydroxylation sites is 1. The van der Waals surface area contributed by atoms with Crippen LogP contribution in [0.5, 0.6) is 5.75 Å². The van der Waals surface area contributed by atoms with Gasteiger partial charge in [-0.2, -0.15) is 0 Å². The summed E-state index contributed by atoms with van der Waals surface area (Å²) in [6.45, 7) is 1.88.